The van der Waals surface area contributed by atoms with Crippen LogP contribution in [0.25, 0.3) is 0 Å². The molecule has 0 saturated carbocycles. The fourth-order valence-corrected chi connectivity index (χ4v) is 3.75. The van der Waals surface area contributed by atoms with Gasteiger partial charge >= 0.3 is 0 Å². The van der Waals surface area contributed by atoms with E-state index in [1.54, 1.807) is 0 Å². The van der Waals surface area contributed by atoms with Crippen LogP contribution in [0.5, 0.6) is 0 Å². The lowest BCUT2D eigenvalue weighted by Crippen LogP contribution is -2.42. The van der Waals surface area contributed by atoms with Crippen molar-refractivity contribution in [3.63, 3.8) is 0 Å². The summed E-state index contributed by atoms with van der Waals surface area (Å²) >= 11 is 6.02. The number of amides is 1. The number of piperidine rings is 1. The van der Waals surface area contributed by atoms with Crippen LogP contribution in [0, 0.1) is 5.92 Å². The molecule has 1 aromatic rings. The fraction of sp³-hybridized carbons (Fsp3) is 0.611. The lowest BCUT2D eigenvalue weighted by Gasteiger charge is -2.29. The highest BCUT2D eigenvalue weighted by Crippen LogP contribution is 2.26. The molecule has 2 aliphatic rings. The van der Waals surface area contributed by atoms with E-state index < -0.39 is 0 Å². The first-order valence-corrected chi connectivity index (χ1v) is 9.10. The number of nitrogens with one attached hydrogen (secondary N) is 2. The zero-order chi connectivity index (χ0) is 16.1. The van der Waals surface area contributed by atoms with Crippen LogP contribution in [0.3, 0.4) is 0 Å². The monoisotopic (exact) mass is 407 g/mol. The molecular formula is C18H28Cl3N3O. The van der Waals surface area contributed by atoms with Crippen LogP contribution in [0.1, 0.15) is 37.3 Å². The van der Waals surface area contributed by atoms with E-state index >= 15 is 0 Å². The number of hydrogen-bond acceptors (Lipinski definition) is 3. The molecule has 0 aromatic heterocycles. The Balaban J connectivity index is 0.00000156. The summed E-state index contributed by atoms with van der Waals surface area (Å²) in [5.41, 5.74) is 1.24. The molecule has 1 aromatic carbocycles. The highest BCUT2D eigenvalue weighted by atomic mass is 35.5. The second-order valence-electron chi connectivity index (χ2n) is 6.58. The second kappa shape index (κ2) is 11.2. The lowest BCUT2D eigenvalue weighted by atomic mass is 9.97. The molecule has 2 aliphatic heterocycles. The molecule has 1 amide bonds. The maximum atomic E-state index is 12.4. The molecule has 1 atom stereocenters. The predicted molar refractivity (Wildman–Crippen MR) is 108 cm³/mol. The predicted octanol–water partition coefficient (Wildman–Crippen LogP) is 3.44. The summed E-state index contributed by atoms with van der Waals surface area (Å²) < 4.78 is 0. The molecule has 2 heterocycles. The van der Waals surface area contributed by atoms with Gasteiger partial charge in [0.1, 0.15) is 0 Å². The van der Waals surface area contributed by atoms with Crippen LogP contribution >= 0.6 is 36.4 Å². The molecule has 2 saturated heterocycles. The summed E-state index contributed by atoms with van der Waals surface area (Å²) in [7, 11) is 0. The summed E-state index contributed by atoms with van der Waals surface area (Å²) in [5, 5.41) is 7.27. The van der Waals surface area contributed by atoms with Crippen molar-refractivity contribution in [2.75, 3.05) is 32.7 Å². The van der Waals surface area contributed by atoms with Gasteiger partial charge in [0.25, 0.3) is 0 Å². The first-order chi connectivity index (χ1) is 11.2. The maximum absolute atomic E-state index is 12.4. The van der Waals surface area contributed by atoms with Gasteiger partial charge in [-0.25, -0.2) is 0 Å². The van der Waals surface area contributed by atoms with Crippen LogP contribution in [0.4, 0.5) is 0 Å². The summed E-state index contributed by atoms with van der Waals surface area (Å²) in [6.45, 7) is 4.80. The molecule has 2 N–H and O–H groups in total. The summed E-state index contributed by atoms with van der Waals surface area (Å²) in [4.78, 5) is 14.9. The van der Waals surface area contributed by atoms with Crippen LogP contribution in [-0.2, 0) is 4.79 Å². The Bertz CT molecular complexity index is 515. The normalized spacial score (nSPS) is 19.6. The number of halogens is 3. The van der Waals surface area contributed by atoms with Crippen molar-refractivity contribution in [1.29, 1.82) is 0 Å². The minimum Gasteiger partial charge on any atom is -0.354 e. The van der Waals surface area contributed by atoms with Crippen molar-refractivity contribution in [3.8, 4) is 0 Å². The average Bonchev–Trinajstić information content (AvgIpc) is 3.11. The Morgan fingerprint density at radius 2 is 1.76 bits per heavy atom. The van der Waals surface area contributed by atoms with Crippen LogP contribution in [0.15, 0.2) is 24.3 Å². The zero-order valence-electron chi connectivity index (χ0n) is 14.4. The van der Waals surface area contributed by atoms with Gasteiger partial charge in [-0.1, -0.05) is 23.7 Å². The van der Waals surface area contributed by atoms with Gasteiger partial charge in [0.15, 0.2) is 0 Å². The molecule has 1 unspecified atom stereocenters. The van der Waals surface area contributed by atoms with Gasteiger partial charge in [0.2, 0.25) is 5.91 Å². The Morgan fingerprint density at radius 1 is 1.16 bits per heavy atom. The molecule has 2 fully saturated rings. The Labute approximate surface area is 167 Å². The van der Waals surface area contributed by atoms with Crippen LogP contribution in [0.2, 0.25) is 5.02 Å². The van der Waals surface area contributed by atoms with Gasteiger partial charge in [-0.05, 0) is 69.6 Å². The molecule has 0 radical (unpaired) electrons. The van der Waals surface area contributed by atoms with E-state index in [1.807, 2.05) is 12.1 Å². The average molecular weight is 409 g/mol. The van der Waals surface area contributed by atoms with Gasteiger partial charge in [-0.3, -0.25) is 9.69 Å². The van der Waals surface area contributed by atoms with Crippen molar-refractivity contribution in [2.24, 2.45) is 5.92 Å². The molecule has 0 spiro atoms. The lowest BCUT2D eigenvalue weighted by molar-refractivity contribution is -0.126. The van der Waals surface area contributed by atoms with E-state index in [2.05, 4.69) is 27.7 Å². The summed E-state index contributed by atoms with van der Waals surface area (Å²) in [6.07, 6.45) is 4.38. The molecular weight excluding hydrogens is 381 g/mol. The van der Waals surface area contributed by atoms with E-state index in [1.165, 1.54) is 18.4 Å². The molecule has 7 heteroatoms. The highest BCUT2D eigenvalue weighted by Gasteiger charge is 2.26. The quantitative estimate of drug-likeness (QED) is 0.784. The number of likely N-dealkylation sites (tertiary alicyclic amines) is 1. The largest absolute Gasteiger partial charge is 0.354 e. The van der Waals surface area contributed by atoms with Gasteiger partial charge in [0, 0.05) is 17.5 Å². The molecule has 142 valence electrons. The second-order valence-corrected chi connectivity index (χ2v) is 7.02. The fourth-order valence-electron chi connectivity index (χ4n) is 3.62. The van der Waals surface area contributed by atoms with Crippen molar-refractivity contribution in [2.45, 2.75) is 31.7 Å². The van der Waals surface area contributed by atoms with E-state index in [9.17, 15) is 4.79 Å². The SMILES string of the molecule is Cl.Cl.O=C(NCC(c1ccc(Cl)cc1)N1CCCC1)C1CCNCC1. The topological polar surface area (TPSA) is 44.4 Å². The maximum Gasteiger partial charge on any atom is 0.223 e. The molecule has 0 aliphatic carbocycles. The van der Waals surface area contributed by atoms with Gasteiger partial charge < -0.3 is 10.6 Å². The number of hydrogen-bond donors (Lipinski definition) is 2. The number of rotatable bonds is 5. The summed E-state index contributed by atoms with van der Waals surface area (Å²) in [5.74, 6) is 0.380. The van der Waals surface area contributed by atoms with Gasteiger partial charge in [0.05, 0.1) is 6.04 Å². The van der Waals surface area contributed by atoms with Gasteiger partial charge in [-0.15, -0.1) is 24.8 Å². The summed E-state index contributed by atoms with van der Waals surface area (Å²) in [6, 6.07) is 8.30. The van der Waals surface area contributed by atoms with Crippen molar-refractivity contribution < 1.29 is 4.79 Å². The van der Waals surface area contributed by atoms with E-state index in [-0.39, 0.29) is 42.7 Å². The Kier molecular flexibility index (Phi) is 10.1. The first kappa shape index (κ1) is 22.5. The molecule has 3 rings (SSSR count). The van der Waals surface area contributed by atoms with E-state index in [4.69, 9.17) is 11.6 Å². The van der Waals surface area contributed by atoms with Crippen molar-refractivity contribution in [3.05, 3.63) is 34.9 Å². The van der Waals surface area contributed by atoms with Crippen LogP contribution < -0.4 is 10.6 Å². The zero-order valence-corrected chi connectivity index (χ0v) is 16.8. The highest BCUT2D eigenvalue weighted by molar-refractivity contribution is 6.30. The van der Waals surface area contributed by atoms with E-state index in [0.29, 0.717) is 6.54 Å². The molecule has 25 heavy (non-hydrogen) atoms. The van der Waals surface area contributed by atoms with Crippen molar-refractivity contribution >= 4 is 42.3 Å². The first-order valence-electron chi connectivity index (χ1n) is 8.72. The Hall–Kier alpha value is -0.520. The third kappa shape index (κ3) is 6.30. The standard InChI is InChI=1S/C18H26ClN3O.2ClH/c19-16-5-3-14(4-6-16)17(22-11-1-2-12-22)13-21-18(23)15-7-9-20-10-8-15;;/h3-6,15,17,20H,1-2,7-13H2,(H,21,23);2*1H. The minimum absolute atomic E-state index is 0. The third-order valence-electron chi connectivity index (χ3n) is 5.02. The van der Waals surface area contributed by atoms with Gasteiger partial charge in [-0.2, -0.15) is 0 Å². The van der Waals surface area contributed by atoms with E-state index in [0.717, 1.165) is 44.0 Å². The Morgan fingerprint density at radius 3 is 2.36 bits per heavy atom. The number of nitrogens with zero attached hydrogens (tertiary/aromatic N) is 1. The number of carbonyl (C=O) groups excluding carboxylic acids is 1. The molecule has 4 nitrogen and oxygen atoms in total. The third-order valence-corrected chi connectivity index (χ3v) is 5.27. The minimum atomic E-state index is 0. The smallest absolute Gasteiger partial charge is 0.223 e. The number of carbonyl (C=O) groups is 1. The van der Waals surface area contributed by atoms with Crippen LogP contribution in [-0.4, -0.2) is 43.5 Å². The molecule has 0 bridgehead atoms. The van der Waals surface area contributed by atoms with Crippen molar-refractivity contribution in [1.82, 2.24) is 15.5 Å². The number of benzene rings is 1.